The van der Waals surface area contributed by atoms with Crippen molar-refractivity contribution in [3.8, 4) is 5.75 Å². The van der Waals surface area contributed by atoms with Gasteiger partial charge in [-0.25, -0.2) is 0 Å². The van der Waals surface area contributed by atoms with Crippen LogP contribution < -0.4 is 15.8 Å². The van der Waals surface area contributed by atoms with Gasteiger partial charge < -0.3 is 15.8 Å². The van der Waals surface area contributed by atoms with E-state index < -0.39 is 0 Å². The smallest absolute Gasteiger partial charge is 0.228 e. The van der Waals surface area contributed by atoms with Crippen LogP contribution in [0.1, 0.15) is 11.1 Å². The zero-order chi connectivity index (χ0) is 15.1. The summed E-state index contributed by atoms with van der Waals surface area (Å²) in [4.78, 5) is 12.0. The van der Waals surface area contributed by atoms with E-state index in [1.807, 2.05) is 49.4 Å². The largest absolute Gasteiger partial charge is 0.492 e. The van der Waals surface area contributed by atoms with Crippen molar-refractivity contribution in [2.24, 2.45) is 5.73 Å². The number of nitrogens with one attached hydrogen (secondary N) is 1. The SMILES string of the molecule is Cc1cccc(CC(=O)Nc2cccc(OCCN)c2)c1. The number of aryl methyl sites for hydroxylation is 1. The average Bonchev–Trinajstić information content (AvgIpc) is 2.45. The van der Waals surface area contributed by atoms with Gasteiger partial charge in [0, 0.05) is 18.3 Å². The van der Waals surface area contributed by atoms with Gasteiger partial charge in [-0.3, -0.25) is 4.79 Å². The molecule has 0 heterocycles. The molecule has 0 radical (unpaired) electrons. The lowest BCUT2D eigenvalue weighted by molar-refractivity contribution is -0.115. The molecule has 110 valence electrons. The Bertz CT molecular complexity index is 611. The molecule has 0 atom stereocenters. The Hall–Kier alpha value is -2.33. The predicted molar refractivity (Wildman–Crippen MR) is 84.5 cm³/mol. The highest BCUT2D eigenvalue weighted by atomic mass is 16.5. The van der Waals surface area contributed by atoms with Crippen LogP contribution in [0.3, 0.4) is 0 Å². The molecule has 0 unspecified atom stereocenters. The van der Waals surface area contributed by atoms with Crippen LogP contribution in [0.4, 0.5) is 5.69 Å². The van der Waals surface area contributed by atoms with Gasteiger partial charge in [-0.15, -0.1) is 0 Å². The third kappa shape index (κ3) is 4.93. The van der Waals surface area contributed by atoms with Crippen LogP contribution in [0.5, 0.6) is 5.75 Å². The third-order valence-corrected chi connectivity index (χ3v) is 2.95. The monoisotopic (exact) mass is 284 g/mol. The molecular formula is C17H20N2O2. The highest BCUT2D eigenvalue weighted by Crippen LogP contribution is 2.17. The lowest BCUT2D eigenvalue weighted by Gasteiger charge is -2.09. The van der Waals surface area contributed by atoms with Gasteiger partial charge >= 0.3 is 0 Å². The first-order valence-electron chi connectivity index (χ1n) is 6.96. The number of carbonyl (C=O) groups is 1. The van der Waals surface area contributed by atoms with Crippen LogP contribution in [0.2, 0.25) is 0 Å². The molecule has 0 aliphatic rings. The van der Waals surface area contributed by atoms with Gasteiger partial charge in [0.1, 0.15) is 12.4 Å². The second-order valence-electron chi connectivity index (χ2n) is 4.88. The highest BCUT2D eigenvalue weighted by Gasteiger charge is 2.05. The number of benzene rings is 2. The van der Waals surface area contributed by atoms with Crippen molar-refractivity contribution < 1.29 is 9.53 Å². The zero-order valence-corrected chi connectivity index (χ0v) is 12.1. The maximum atomic E-state index is 12.0. The van der Waals surface area contributed by atoms with E-state index in [-0.39, 0.29) is 5.91 Å². The van der Waals surface area contributed by atoms with E-state index >= 15 is 0 Å². The minimum absolute atomic E-state index is 0.0448. The molecule has 2 rings (SSSR count). The summed E-state index contributed by atoms with van der Waals surface area (Å²) >= 11 is 0. The van der Waals surface area contributed by atoms with Crippen LogP contribution >= 0.6 is 0 Å². The maximum absolute atomic E-state index is 12.0. The second kappa shape index (κ2) is 7.45. The summed E-state index contributed by atoms with van der Waals surface area (Å²) < 4.78 is 5.44. The van der Waals surface area contributed by atoms with Crippen LogP contribution in [-0.4, -0.2) is 19.1 Å². The first-order chi connectivity index (χ1) is 10.2. The first kappa shape index (κ1) is 15.1. The lowest BCUT2D eigenvalue weighted by Crippen LogP contribution is -2.15. The number of rotatable bonds is 6. The van der Waals surface area contributed by atoms with Crippen molar-refractivity contribution in [1.82, 2.24) is 0 Å². The topological polar surface area (TPSA) is 64.3 Å². The molecule has 0 saturated carbocycles. The summed E-state index contributed by atoms with van der Waals surface area (Å²) in [5, 5.41) is 2.88. The standard InChI is InChI=1S/C17H20N2O2/c1-13-4-2-5-14(10-13)11-17(20)19-15-6-3-7-16(12-15)21-9-8-18/h2-7,10,12H,8-9,11,18H2,1H3,(H,19,20). The molecule has 2 aromatic carbocycles. The Morgan fingerprint density at radius 2 is 2.00 bits per heavy atom. The fourth-order valence-electron chi connectivity index (χ4n) is 2.05. The van der Waals surface area contributed by atoms with E-state index in [9.17, 15) is 4.79 Å². The van der Waals surface area contributed by atoms with E-state index in [0.29, 0.717) is 25.3 Å². The van der Waals surface area contributed by atoms with Crippen molar-refractivity contribution in [2.75, 3.05) is 18.5 Å². The van der Waals surface area contributed by atoms with Crippen LogP contribution in [0, 0.1) is 6.92 Å². The summed E-state index contributed by atoms with van der Waals surface area (Å²) in [6.07, 6.45) is 0.357. The van der Waals surface area contributed by atoms with Gasteiger partial charge in [-0.2, -0.15) is 0 Å². The maximum Gasteiger partial charge on any atom is 0.228 e. The number of nitrogens with two attached hydrogens (primary N) is 1. The molecule has 4 nitrogen and oxygen atoms in total. The van der Waals surface area contributed by atoms with E-state index in [0.717, 1.165) is 16.8 Å². The Morgan fingerprint density at radius 1 is 1.19 bits per heavy atom. The molecule has 0 aliphatic heterocycles. The van der Waals surface area contributed by atoms with Crippen molar-refractivity contribution in [3.05, 3.63) is 59.7 Å². The molecule has 1 amide bonds. The summed E-state index contributed by atoms with van der Waals surface area (Å²) in [7, 11) is 0. The first-order valence-corrected chi connectivity index (χ1v) is 6.96. The summed E-state index contributed by atoms with van der Waals surface area (Å²) in [6, 6.07) is 15.2. The number of hydrogen-bond acceptors (Lipinski definition) is 3. The van der Waals surface area contributed by atoms with Crippen molar-refractivity contribution in [3.63, 3.8) is 0 Å². The molecule has 4 heteroatoms. The molecule has 0 aromatic heterocycles. The minimum Gasteiger partial charge on any atom is -0.492 e. The number of ether oxygens (including phenoxy) is 1. The minimum atomic E-state index is -0.0448. The van der Waals surface area contributed by atoms with E-state index in [1.54, 1.807) is 6.07 Å². The van der Waals surface area contributed by atoms with E-state index in [4.69, 9.17) is 10.5 Å². The summed E-state index contributed by atoms with van der Waals surface area (Å²) in [5.74, 6) is 0.658. The van der Waals surface area contributed by atoms with Crippen molar-refractivity contribution in [1.29, 1.82) is 0 Å². The Labute approximate surface area is 124 Å². The fraction of sp³-hybridized carbons (Fsp3) is 0.235. The van der Waals surface area contributed by atoms with Crippen LogP contribution in [0.15, 0.2) is 48.5 Å². The summed E-state index contributed by atoms with van der Waals surface area (Å²) in [6.45, 7) is 2.93. The van der Waals surface area contributed by atoms with Gasteiger partial charge in [-0.1, -0.05) is 35.9 Å². The van der Waals surface area contributed by atoms with Gasteiger partial charge in [0.05, 0.1) is 6.42 Å². The molecule has 0 bridgehead atoms. The number of amides is 1. The van der Waals surface area contributed by atoms with Crippen molar-refractivity contribution in [2.45, 2.75) is 13.3 Å². The van der Waals surface area contributed by atoms with Gasteiger partial charge in [0.25, 0.3) is 0 Å². The molecule has 0 saturated heterocycles. The van der Waals surface area contributed by atoms with Gasteiger partial charge in [0.15, 0.2) is 0 Å². The van der Waals surface area contributed by atoms with Gasteiger partial charge in [0.2, 0.25) is 5.91 Å². The number of carbonyl (C=O) groups excluding carboxylic acids is 1. The van der Waals surface area contributed by atoms with E-state index in [1.165, 1.54) is 0 Å². The number of hydrogen-bond donors (Lipinski definition) is 2. The van der Waals surface area contributed by atoms with Gasteiger partial charge in [-0.05, 0) is 24.6 Å². The normalized spacial score (nSPS) is 10.2. The molecule has 3 N–H and O–H groups in total. The Kier molecular flexibility index (Phi) is 5.35. The Morgan fingerprint density at radius 3 is 2.76 bits per heavy atom. The molecular weight excluding hydrogens is 264 g/mol. The van der Waals surface area contributed by atoms with Crippen molar-refractivity contribution >= 4 is 11.6 Å². The van der Waals surface area contributed by atoms with Crippen LogP contribution in [-0.2, 0) is 11.2 Å². The predicted octanol–water partition coefficient (Wildman–Crippen LogP) is 2.51. The number of anilines is 1. The molecule has 0 aliphatic carbocycles. The highest BCUT2D eigenvalue weighted by molar-refractivity contribution is 5.92. The molecule has 0 fully saturated rings. The van der Waals surface area contributed by atoms with Crippen LogP contribution in [0.25, 0.3) is 0 Å². The Balaban J connectivity index is 1.96. The molecule has 2 aromatic rings. The molecule has 21 heavy (non-hydrogen) atoms. The van der Waals surface area contributed by atoms with E-state index in [2.05, 4.69) is 5.32 Å². The second-order valence-corrected chi connectivity index (χ2v) is 4.88. The average molecular weight is 284 g/mol. The quantitative estimate of drug-likeness (QED) is 0.856. The zero-order valence-electron chi connectivity index (χ0n) is 12.1. The molecule has 0 spiro atoms. The summed E-state index contributed by atoms with van der Waals surface area (Å²) in [5.41, 5.74) is 8.28. The third-order valence-electron chi connectivity index (χ3n) is 2.95. The fourth-order valence-corrected chi connectivity index (χ4v) is 2.05. The lowest BCUT2D eigenvalue weighted by atomic mass is 10.1.